The Balaban J connectivity index is 2.90. The van der Waals surface area contributed by atoms with E-state index in [1.165, 1.54) is 0 Å². The van der Waals surface area contributed by atoms with Crippen molar-refractivity contribution in [3.63, 3.8) is 0 Å². The monoisotopic (exact) mass is 335 g/mol. The third kappa shape index (κ3) is 6.16. The summed E-state index contributed by atoms with van der Waals surface area (Å²) in [6.07, 6.45) is 1.52. The number of rotatable bonds is 9. The first kappa shape index (κ1) is 20.5. The van der Waals surface area contributed by atoms with Gasteiger partial charge in [0, 0.05) is 12.8 Å². The molecule has 1 amide bonds. The lowest BCUT2D eigenvalue weighted by Gasteiger charge is -2.34. The first-order valence-corrected chi connectivity index (χ1v) is 8.82. The Bertz CT molecular complexity index is 496. The van der Waals surface area contributed by atoms with Gasteiger partial charge < -0.3 is 14.8 Å². The van der Waals surface area contributed by atoms with Crippen molar-refractivity contribution in [1.29, 1.82) is 0 Å². The highest BCUT2D eigenvalue weighted by atomic mass is 16.5. The van der Waals surface area contributed by atoms with Crippen molar-refractivity contribution in [1.82, 2.24) is 0 Å². The zero-order valence-corrected chi connectivity index (χ0v) is 16.2. The molecule has 1 N–H and O–H groups in total. The molecule has 0 atom stereocenters. The van der Waals surface area contributed by atoms with Crippen LogP contribution in [0, 0.1) is 11.8 Å². The van der Waals surface area contributed by atoms with Gasteiger partial charge in [0.2, 0.25) is 0 Å². The highest BCUT2D eigenvalue weighted by molar-refractivity contribution is 5.97. The van der Waals surface area contributed by atoms with Crippen LogP contribution in [0.15, 0.2) is 24.3 Å². The Morgan fingerprint density at radius 1 is 1.00 bits per heavy atom. The maximum absolute atomic E-state index is 12.9. The van der Waals surface area contributed by atoms with E-state index < -0.39 is 5.60 Å². The number of anilines is 1. The van der Waals surface area contributed by atoms with Gasteiger partial charge >= 0.3 is 0 Å². The van der Waals surface area contributed by atoms with Gasteiger partial charge in [0.15, 0.2) is 0 Å². The summed E-state index contributed by atoms with van der Waals surface area (Å²) < 4.78 is 11.4. The molecule has 0 saturated carbocycles. The van der Waals surface area contributed by atoms with Gasteiger partial charge in [-0.05, 0) is 62.8 Å². The number of carbonyl (C=O) groups excluding carboxylic acids is 1. The van der Waals surface area contributed by atoms with E-state index in [1.807, 2.05) is 38.1 Å². The lowest BCUT2D eigenvalue weighted by molar-refractivity contribution is -0.142. The van der Waals surface area contributed by atoms with Gasteiger partial charge in [-0.15, -0.1) is 0 Å². The minimum absolute atomic E-state index is 0.0788. The maximum atomic E-state index is 12.9. The van der Waals surface area contributed by atoms with Crippen LogP contribution in [-0.2, 0) is 9.53 Å². The predicted octanol–water partition coefficient (Wildman–Crippen LogP) is 4.89. The van der Waals surface area contributed by atoms with Crippen molar-refractivity contribution in [3.8, 4) is 5.75 Å². The van der Waals surface area contributed by atoms with Crippen molar-refractivity contribution < 1.29 is 14.3 Å². The van der Waals surface area contributed by atoms with Gasteiger partial charge in [0.1, 0.15) is 11.4 Å². The fourth-order valence-corrected chi connectivity index (χ4v) is 2.98. The van der Waals surface area contributed by atoms with Crippen molar-refractivity contribution in [2.75, 3.05) is 12.4 Å². The Morgan fingerprint density at radius 2 is 1.50 bits per heavy atom. The van der Waals surface area contributed by atoms with Gasteiger partial charge in [-0.3, -0.25) is 4.79 Å². The zero-order valence-electron chi connectivity index (χ0n) is 16.2. The van der Waals surface area contributed by atoms with Gasteiger partial charge in [-0.25, -0.2) is 0 Å². The summed E-state index contributed by atoms with van der Waals surface area (Å²) in [6.45, 7) is 12.4. The van der Waals surface area contributed by atoms with Crippen LogP contribution in [0.1, 0.15) is 54.4 Å². The number of hydrogen-bond donors (Lipinski definition) is 1. The summed E-state index contributed by atoms with van der Waals surface area (Å²) in [5, 5.41) is 3.01. The highest BCUT2D eigenvalue weighted by Gasteiger charge is 2.39. The number of ether oxygens (including phenoxy) is 2. The second-order valence-corrected chi connectivity index (χ2v) is 7.54. The second kappa shape index (κ2) is 9.07. The Morgan fingerprint density at radius 3 is 1.88 bits per heavy atom. The Hall–Kier alpha value is -1.55. The molecule has 0 aromatic heterocycles. The third-order valence-electron chi connectivity index (χ3n) is 3.76. The fourth-order valence-electron chi connectivity index (χ4n) is 2.98. The lowest BCUT2D eigenvalue weighted by atomic mass is 9.84. The average molecular weight is 335 g/mol. The molecule has 0 aliphatic carbocycles. The highest BCUT2D eigenvalue weighted by Crippen LogP contribution is 2.30. The van der Waals surface area contributed by atoms with Gasteiger partial charge in [-0.1, -0.05) is 27.7 Å². The molecule has 0 unspecified atom stereocenters. The zero-order chi connectivity index (χ0) is 18.3. The molecule has 1 aromatic carbocycles. The molecule has 24 heavy (non-hydrogen) atoms. The van der Waals surface area contributed by atoms with Crippen LogP contribution in [0.2, 0.25) is 0 Å². The standard InChI is InChI=1S/C20H33NO3/c1-14(2)12-20(23-7,13-15(3)4)19(22)21-17-8-10-18(11-9-17)24-16(5)6/h8-11,14-16H,12-13H2,1-7H3,(H,21,22). The fraction of sp³-hybridized carbons (Fsp3) is 0.650. The molecule has 1 rings (SSSR count). The molecule has 0 aliphatic heterocycles. The van der Waals surface area contributed by atoms with E-state index in [2.05, 4.69) is 33.0 Å². The van der Waals surface area contributed by atoms with E-state index in [0.717, 1.165) is 11.4 Å². The first-order chi connectivity index (χ1) is 11.2. The quantitative estimate of drug-likeness (QED) is 0.699. The molecule has 0 heterocycles. The van der Waals surface area contributed by atoms with Crippen LogP contribution >= 0.6 is 0 Å². The molecule has 0 spiro atoms. The smallest absolute Gasteiger partial charge is 0.256 e. The second-order valence-electron chi connectivity index (χ2n) is 7.54. The normalized spacial score (nSPS) is 12.1. The molecule has 0 fully saturated rings. The van der Waals surface area contributed by atoms with E-state index in [0.29, 0.717) is 24.7 Å². The van der Waals surface area contributed by atoms with Gasteiger partial charge in [0.25, 0.3) is 5.91 Å². The van der Waals surface area contributed by atoms with Crippen LogP contribution in [0.3, 0.4) is 0 Å². The van der Waals surface area contributed by atoms with Crippen LogP contribution in [-0.4, -0.2) is 24.7 Å². The number of methoxy groups -OCH3 is 1. The SMILES string of the molecule is COC(CC(C)C)(CC(C)C)C(=O)Nc1ccc(OC(C)C)cc1. The van der Waals surface area contributed by atoms with E-state index in [-0.39, 0.29) is 12.0 Å². The summed E-state index contributed by atoms with van der Waals surface area (Å²) in [5.74, 6) is 1.46. The summed E-state index contributed by atoms with van der Waals surface area (Å²) >= 11 is 0. The topological polar surface area (TPSA) is 47.6 Å². The Labute approximate surface area is 146 Å². The molecular formula is C20H33NO3. The van der Waals surface area contributed by atoms with E-state index in [4.69, 9.17) is 9.47 Å². The van der Waals surface area contributed by atoms with Crippen LogP contribution in [0.5, 0.6) is 5.75 Å². The van der Waals surface area contributed by atoms with Crippen molar-refractivity contribution in [3.05, 3.63) is 24.3 Å². The largest absolute Gasteiger partial charge is 0.491 e. The van der Waals surface area contributed by atoms with Crippen LogP contribution in [0.4, 0.5) is 5.69 Å². The molecule has 0 aliphatic rings. The van der Waals surface area contributed by atoms with Gasteiger partial charge in [0.05, 0.1) is 6.10 Å². The van der Waals surface area contributed by atoms with Crippen LogP contribution < -0.4 is 10.1 Å². The number of hydrogen-bond acceptors (Lipinski definition) is 3. The van der Waals surface area contributed by atoms with Crippen LogP contribution in [0.25, 0.3) is 0 Å². The molecule has 4 heteroatoms. The molecule has 0 saturated heterocycles. The molecule has 136 valence electrons. The predicted molar refractivity (Wildman–Crippen MR) is 99.5 cm³/mol. The summed E-state index contributed by atoms with van der Waals surface area (Å²) in [6, 6.07) is 7.46. The van der Waals surface area contributed by atoms with E-state index in [9.17, 15) is 4.79 Å². The Kier molecular flexibility index (Phi) is 7.74. The minimum Gasteiger partial charge on any atom is -0.491 e. The molecule has 0 radical (unpaired) electrons. The molecular weight excluding hydrogens is 302 g/mol. The van der Waals surface area contributed by atoms with Crippen molar-refractivity contribution >= 4 is 11.6 Å². The van der Waals surface area contributed by atoms with E-state index in [1.54, 1.807) is 7.11 Å². The number of nitrogens with one attached hydrogen (secondary N) is 1. The minimum atomic E-state index is -0.796. The molecule has 4 nitrogen and oxygen atoms in total. The lowest BCUT2D eigenvalue weighted by Crippen LogP contribution is -2.46. The van der Waals surface area contributed by atoms with Crippen molar-refractivity contribution in [2.24, 2.45) is 11.8 Å². The third-order valence-corrected chi connectivity index (χ3v) is 3.76. The summed E-state index contributed by atoms with van der Waals surface area (Å²) in [4.78, 5) is 12.9. The average Bonchev–Trinajstić information content (AvgIpc) is 2.46. The number of carbonyl (C=O) groups is 1. The summed E-state index contributed by atoms with van der Waals surface area (Å²) in [7, 11) is 1.63. The summed E-state index contributed by atoms with van der Waals surface area (Å²) in [5.41, 5.74) is -0.0415. The first-order valence-electron chi connectivity index (χ1n) is 8.82. The van der Waals surface area contributed by atoms with Crippen molar-refractivity contribution in [2.45, 2.75) is 66.1 Å². The number of benzene rings is 1. The number of amides is 1. The molecule has 0 bridgehead atoms. The van der Waals surface area contributed by atoms with Gasteiger partial charge in [-0.2, -0.15) is 0 Å². The van der Waals surface area contributed by atoms with E-state index >= 15 is 0 Å². The molecule has 1 aromatic rings. The maximum Gasteiger partial charge on any atom is 0.256 e.